The van der Waals surface area contributed by atoms with Crippen LogP contribution in [0.3, 0.4) is 0 Å². The predicted molar refractivity (Wildman–Crippen MR) is 102 cm³/mol. The number of amides is 1. The molecule has 1 aliphatic heterocycles. The number of carbonyl (C=O) groups excluding carboxylic acids is 1. The van der Waals surface area contributed by atoms with E-state index in [-0.39, 0.29) is 11.9 Å². The highest BCUT2D eigenvalue weighted by Crippen LogP contribution is 2.53. The van der Waals surface area contributed by atoms with E-state index >= 15 is 0 Å². The first-order chi connectivity index (χ1) is 11.7. The van der Waals surface area contributed by atoms with Gasteiger partial charge in [-0.1, -0.05) is 67.6 Å². The molecule has 1 aliphatic rings. The normalized spacial score (nSPS) is 26.8. The summed E-state index contributed by atoms with van der Waals surface area (Å²) in [6.07, 6.45) is 2.06. The summed E-state index contributed by atoms with van der Waals surface area (Å²) in [5.74, 6) is 0.533. The molecule has 1 saturated heterocycles. The summed E-state index contributed by atoms with van der Waals surface area (Å²) in [6.45, 7) is 3.86. The minimum Gasteiger partial charge on any atom is -0.353 e. The summed E-state index contributed by atoms with van der Waals surface area (Å²) in [4.78, 5) is 11.7. The first-order valence-corrected chi connectivity index (χ1v) is 9.65. The van der Waals surface area contributed by atoms with Crippen molar-refractivity contribution in [2.24, 2.45) is 5.92 Å². The molecule has 4 atom stereocenters. The number of rotatable bonds is 4. The van der Waals surface area contributed by atoms with Crippen molar-refractivity contribution in [3.8, 4) is 0 Å². The minimum absolute atomic E-state index is 0.0731. The smallest absolute Gasteiger partial charge is 0.217 e. The molecule has 0 radical (unpaired) electrons. The van der Waals surface area contributed by atoms with Crippen LogP contribution in [-0.2, 0) is 4.79 Å². The molecule has 3 rings (SSSR count). The van der Waals surface area contributed by atoms with E-state index in [0.717, 1.165) is 12.8 Å². The third-order valence-corrected chi connectivity index (χ3v) is 6.55. The van der Waals surface area contributed by atoms with Crippen molar-refractivity contribution in [2.75, 3.05) is 0 Å². The number of hydrogen-bond donors (Lipinski definition) is 1. The van der Waals surface area contributed by atoms with Gasteiger partial charge in [-0.15, -0.1) is 11.8 Å². The lowest BCUT2D eigenvalue weighted by Crippen LogP contribution is -2.44. The van der Waals surface area contributed by atoms with Crippen LogP contribution in [0.25, 0.3) is 0 Å². The molecule has 126 valence electrons. The second-order valence-corrected chi connectivity index (χ2v) is 7.83. The van der Waals surface area contributed by atoms with E-state index in [2.05, 4.69) is 72.9 Å². The fraction of sp³-hybridized carbons (Fsp3) is 0.381. The van der Waals surface area contributed by atoms with Gasteiger partial charge in [-0.3, -0.25) is 4.79 Å². The summed E-state index contributed by atoms with van der Waals surface area (Å²) in [5, 5.41) is 4.05. The monoisotopic (exact) mass is 339 g/mol. The maximum atomic E-state index is 11.7. The number of nitrogens with one attached hydrogen (secondary N) is 1. The van der Waals surface area contributed by atoms with E-state index in [1.54, 1.807) is 6.92 Å². The molecular formula is C21H25NOS. The van der Waals surface area contributed by atoms with Crippen LogP contribution in [0.5, 0.6) is 0 Å². The van der Waals surface area contributed by atoms with Crippen LogP contribution < -0.4 is 5.32 Å². The van der Waals surface area contributed by atoms with E-state index in [0.29, 0.717) is 16.4 Å². The second kappa shape index (κ2) is 7.89. The SMILES string of the molecule is CC[C@@H]1[C@H](NC(C)=O)C[C@@H](c2ccccc2)S[C@H]1c1ccccc1. The van der Waals surface area contributed by atoms with Gasteiger partial charge in [-0.2, -0.15) is 0 Å². The zero-order chi connectivity index (χ0) is 16.9. The Morgan fingerprint density at radius 1 is 1.04 bits per heavy atom. The van der Waals surface area contributed by atoms with Gasteiger partial charge in [0, 0.05) is 23.5 Å². The topological polar surface area (TPSA) is 29.1 Å². The maximum absolute atomic E-state index is 11.7. The fourth-order valence-corrected chi connectivity index (χ4v) is 5.61. The highest BCUT2D eigenvalue weighted by atomic mass is 32.2. The quantitative estimate of drug-likeness (QED) is 0.836. The summed E-state index contributed by atoms with van der Waals surface area (Å²) >= 11 is 2.05. The lowest BCUT2D eigenvalue weighted by Gasteiger charge is -2.42. The number of thioether (sulfide) groups is 1. The zero-order valence-corrected chi connectivity index (χ0v) is 15.1. The Bertz CT molecular complexity index is 658. The third kappa shape index (κ3) is 3.84. The lowest BCUT2D eigenvalue weighted by atomic mass is 9.85. The molecule has 1 heterocycles. The van der Waals surface area contributed by atoms with Crippen LogP contribution in [0, 0.1) is 5.92 Å². The zero-order valence-electron chi connectivity index (χ0n) is 14.3. The van der Waals surface area contributed by atoms with Crippen LogP contribution in [0.2, 0.25) is 0 Å². The number of hydrogen-bond acceptors (Lipinski definition) is 2. The van der Waals surface area contributed by atoms with Gasteiger partial charge in [0.15, 0.2) is 0 Å². The van der Waals surface area contributed by atoms with Gasteiger partial charge in [0.2, 0.25) is 5.91 Å². The Hall–Kier alpha value is -1.74. The van der Waals surface area contributed by atoms with E-state index in [9.17, 15) is 4.79 Å². The third-order valence-electron chi connectivity index (χ3n) is 4.84. The molecule has 2 nitrogen and oxygen atoms in total. The van der Waals surface area contributed by atoms with Gasteiger partial charge >= 0.3 is 0 Å². The van der Waals surface area contributed by atoms with Crippen LogP contribution in [-0.4, -0.2) is 11.9 Å². The van der Waals surface area contributed by atoms with E-state index in [1.165, 1.54) is 11.1 Å². The highest BCUT2D eigenvalue weighted by molar-refractivity contribution is 7.99. The molecule has 3 heteroatoms. The highest BCUT2D eigenvalue weighted by Gasteiger charge is 2.38. The van der Waals surface area contributed by atoms with E-state index < -0.39 is 0 Å². The molecule has 0 aliphatic carbocycles. The molecule has 0 unspecified atom stereocenters. The molecule has 0 aromatic heterocycles. The first kappa shape index (κ1) is 17.1. The molecule has 1 fully saturated rings. The molecule has 2 aromatic carbocycles. The summed E-state index contributed by atoms with van der Waals surface area (Å²) in [5.41, 5.74) is 2.72. The molecule has 1 amide bonds. The average molecular weight is 340 g/mol. The van der Waals surface area contributed by atoms with Gasteiger partial charge in [-0.05, 0) is 29.9 Å². The number of benzene rings is 2. The number of carbonyl (C=O) groups is 1. The average Bonchev–Trinajstić information content (AvgIpc) is 2.62. The van der Waals surface area contributed by atoms with E-state index in [1.807, 2.05) is 11.8 Å². The Kier molecular flexibility index (Phi) is 5.62. The van der Waals surface area contributed by atoms with Crippen molar-refractivity contribution in [1.29, 1.82) is 0 Å². The Balaban J connectivity index is 1.93. The van der Waals surface area contributed by atoms with Crippen LogP contribution in [0.15, 0.2) is 60.7 Å². The van der Waals surface area contributed by atoms with Crippen LogP contribution in [0.4, 0.5) is 0 Å². The molecule has 24 heavy (non-hydrogen) atoms. The molecule has 2 aromatic rings. The Morgan fingerprint density at radius 3 is 2.17 bits per heavy atom. The molecule has 1 N–H and O–H groups in total. The van der Waals surface area contributed by atoms with Crippen LogP contribution >= 0.6 is 11.8 Å². The standard InChI is InChI=1S/C21H25NOS/c1-3-18-19(22-15(2)23)14-20(16-10-6-4-7-11-16)24-21(18)17-12-8-5-9-13-17/h4-13,18-21H,3,14H2,1-2H3,(H,22,23)/t18-,19-,20+,21+/m1/s1. The molecule has 0 spiro atoms. The van der Waals surface area contributed by atoms with Crippen molar-refractivity contribution in [1.82, 2.24) is 5.32 Å². The minimum atomic E-state index is 0.0731. The predicted octanol–water partition coefficient (Wildman–Crippen LogP) is 5.14. The van der Waals surface area contributed by atoms with E-state index in [4.69, 9.17) is 0 Å². The largest absolute Gasteiger partial charge is 0.353 e. The molecule has 0 bridgehead atoms. The summed E-state index contributed by atoms with van der Waals surface area (Å²) in [6, 6.07) is 21.6. The lowest BCUT2D eigenvalue weighted by molar-refractivity contribution is -0.120. The second-order valence-electron chi connectivity index (χ2n) is 6.48. The Morgan fingerprint density at radius 2 is 1.62 bits per heavy atom. The first-order valence-electron chi connectivity index (χ1n) is 8.71. The van der Waals surface area contributed by atoms with Crippen molar-refractivity contribution in [2.45, 2.75) is 43.2 Å². The van der Waals surface area contributed by atoms with Gasteiger partial charge in [0.1, 0.15) is 0 Å². The Labute approximate surface area is 149 Å². The van der Waals surface area contributed by atoms with Gasteiger partial charge in [0.25, 0.3) is 0 Å². The van der Waals surface area contributed by atoms with Gasteiger partial charge < -0.3 is 5.32 Å². The van der Waals surface area contributed by atoms with Crippen molar-refractivity contribution >= 4 is 17.7 Å². The summed E-state index contributed by atoms with van der Waals surface area (Å²) < 4.78 is 0. The van der Waals surface area contributed by atoms with Crippen molar-refractivity contribution in [3.05, 3.63) is 71.8 Å². The van der Waals surface area contributed by atoms with Crippen molar-refractivity contribution < 1.29 is 4.79 Å². The fourth-order valence-electron chi connectivity index (χ4n) is 3.73. The van der Waals surface area contributed by atoms with Crippen LogP contribution in [0.1, 0.15) is 48.3 Å². The van der Waals surface area contributed by atoms with Gasteiger partial charge in [-0.25, -0.2) is 0 Å². The molecule has 0 saturated carbocycles. The maximum Gasteiger partial charge on any atom is 0.217 e. The molecular weight excluding hydrogens is 314 g/mol. The van der Waals surface area contributed by atoms with Gasteiger partial charge in [0.05, 0.1) is 0 Å². The summed E-state index contributed by atoms with van der Waals surface area (Å²) in [7, 11) is 0. The van der Waals surface area contributed by atoms with Crippen molar-refractivity contribution in [3.63, 3.8) is 0 Å².